The summed E-state index contributed by atoms with van der Waals surface area (Å²) in [5.74, 6) is -1.72. The Bertz CT molecular complexity index is 680. The lowest BCUT2D eigenvalue weighted by Crippen LogP contribution is -2.36. The molecule has 1 N–H and O–H groups in total. The zero-order valence-corrected chi connectivity index (χ0v) is 20.3. The van der Waals surface area contributed by atoms with Gasteiger partial charge in [0.1, 0.15) is 11.2 Å². The van der Waals surface area contributed by atoms with Crippen molar-refractivity contribution in [3.05, 3.63) is 0 Å². The van der Waals surface area contributed by atoms with E-state index in [1.165, 1.54) is 4.90 Å². The minimum absolute atomic E-state index is 0.206. The monoisotopic (exact) mass is 458 g/mol. The van der Waals surface area contributed by atoms with Crippen molar-refractivity contribution in [3.63, 3.8) is 0 Å². The molecule has 10 heteroatoms. The highest BCUT2D eigenvalue weighted by atomic mass is 16.6. The Labute approximate surface area is 190 Å². The van der Waals surface area contributed by atoms with Crippen molar-refractivity contribution in [1.29, 1.82) is 0 Å². The molecule has 2 saturated heterocycles. The molecular weight excluding hydrogens is 420 g/mol. The fourth-order valence-corrected chi connectivity index (χ4v) is 3.16. The van der Waals surface area contributed by atoms with Crippen LogP contribution >= 0.6 is 0 Å². The Morgan fingerprint density at radius 3 is 1.56 bits per heavy atom. The third kappa shape index (κ3) is 9.74. The molecule has 0 spiro atoms. The second-order valence-electron chi connectivity index (χ2n) is 9.91. The summed E-state index contributed by atoms with van der Waals surface area (Å²) >= 11 is 0. The number of carboxylic acids is 1. The number of carbonyl (C=O) groups is 4. The van der Waals surface area contributed by atoms with E-state index in [0.29, 0.717) is 39.1 Å². The molecule has 32 heavy (non-hydrogen) atoms. The predicted octanol–water partition coefficient (Wildman–Crippen LogP) is 3.13. The minimum atomic E-state index is -0.846. The molecule has 0 aliphatic carbocycles. The topological polar surface area (TPSA) is 123 Å². The first-order valence-corrected chi connectivity index (χ1v) is 11.0. The number of hydrogen-bond acceptors (Lipinski definition) is 7. The molecule has 2 amide bonds. The van der Waals surface area contributed by atoms with Crippen LogP contribution in [0, 0.1) is 11.8 Å². The quantitative estimate of drug-likeness (QED) is 0.505. The first-order chi connectivity index (χ1) is 14.6. The van der Waals surface area contributed by atoms with Gasteiger partial charge in [0, 0.05) is 26.2 Å². The third-order valence-corrected chi connectivity index (χ3v) is 4.65. The molecule has 0 aromatic heterocycles. The molecule has 0 aromatic rings. The summed E-state index contributed by atoms with van der Waals surface area (Å²) in [4.78, 5) is 48.5. The average molecular weight is 459 g/mol. The number of rotatable bonds is 3. The van der Waals surface area contributed by atoms with Gasteiger partial charge in [-0.3, -0.25) is 9.59 Å². The van der Waals surface area contributed by atoms with E-state index in [4.69, 9.17) is 19.3 Å². The van der Waals surface area contributed by atoms with Gasteiger partial charge in [-0.05, 0) is 61.3 Å². The van der Waals surface area contributed by atoms with Crippen LogP contribution in [0.2, 0.25) is 0 Å². The molecule has 2 unspecified atom stereocenters. The second-order valence-corrected chi connectivity index (χ2v) is 9.91. The molecule has 184 valence electrons. The Morgan fingerprint density at radius 1 is 0.812 bits per heavy atom. The van der Waals surface area contributed by atoms with E-state index in [9.17, 15) is 19.2 Å². The van der Waals surface area contributed by atoms with Crippen molar-refractivity contribution in [2.75, 3.05) is 32.8 Å². The maximum absolute atomic E-state index is 11.7. The second kappa shape index (κ2) is 11.4. The summed E-state index contributed by atoms with van der Waals surface area (Å²) in [7, 11) is 0. The van der Waals surface area contributed by atoms with E-state index in [1.54, 1.807) is 32.6 Å². The van der Waals surface area contributed by atoms with Gasteiger partial charge in [0.05, 0.1) is 18.4 Å². The zero-order chi connectivity index (χ0) is 24.7. The fourth-order valence-electron chi connectivity index (χ4n) is 3.16. The molecular formula is C22H38N2O8. The number of esters is 1. The third-order valence-electron chi connectivity index (χ3n) is 4.65. The maximum Gasteiger partial charge on any atom is 0.410 e. The van der Waals surface area contributed by atoms with Crippen LogP contribution in [0.1, 0.15) is 61.3 Å². The van der Waals surface area contributed by atoms with Crippen LogP contribution in [0.3, 0.4) is 0 Å². The van der Waals surface area contributed by atoms with Crippen LogP contribution < -0.4 is 0 Å². The normalized spacial score (nSPS) is 20.8. The van der Waals surface area contributed by atoms with Gasteiger partial charge < -0.3 is 29.1 Å². The van der Waals surface area contributed by atoms with E-state index in [2.05, 4.69) is 0 Å². The van der Waals surface area contributed by atoms with Gasteiger partial charge in [-0.2, -0.15) is 0 Å². The number of ether oxygens (including phenoxy) is 3. The van der Waals surface area contributed by atoms with Gasteiger partial charge in [-0.25, -0.2) is 9.59 Å². The van der Waals surface area contributed by atoms with Crippen molar-refractivity contribution in [1.82, 2.24) is 9.80 Å². The number of hydrogen-bond donors (Lipinski definition) is 1. The summed E-state index contributed by atoms with van der Waals surface area (Å²) < 4.78 is 15.3. The van der Waals surface area contributed by atoms with Crippen molar-refractivity contribution in [2.45, 2.75) is 72.5 Å². The highest BCUT2D eigenvalue weighted by Gasteiger charge is 2.34. The fraction of sp³-hybridized carbons (Fsp3) is 0.818. The molecule has 2 fully saturated rings. The molecule has 2 rings (SSSR count). The van der Waals surface area contributed by atoms with Gasteiger partial charge in [-0.1, -0.05) is 0 Å². The smallest absolute Gasteiger partial charge is 0.410 e. The van der Waals surface area contributed by atoms with E-state index >= 15 is 0 Å². The van der Waals surface area contributed by atoms with Crippen LogP contribution in [0.15, 0.2) is 0 Å². The lowest BCUT2D eigenvalue weighted by molar-refractivity contribution is -0.147. The van der Waals surface area contributed by atoms with Gasteiger partial charge >= 0.3 is 24.1 Å². The van der Waals surface area contributed by atoms with E-state index < -0.39 is 29.2 Å². The van der Waals surface area contributed by atoms with Gasteiger partial charge in [0.2, 0.25) is 0 Å². The van der Waals surface area contributed by atoms with Crippen LogP contribution in [0.5, 0.6) is 0 Å². The zero-order valence-electron chi connectivity index (χ0n) is 20.3. The van der Waals surface area contributed by atoms with Crippen LogP contribution in [-0.4, -0.2) is 83.0 Å². The molecule has 0 saturated carbocycles. The molecule has 10 nitrogen and oxygen atoms in total. The summed E-state index contributed by atoms with van der Waals surface area (Å²) in [6, 6.07) is 0. The molecule has 0 radical (unpaired) electrons. The number of likely N-dealkylation sites (tertiary alicyclic amines) is 2. The predicted molar refractivity (Wildman–Crippen MR) is 116 cm³/mol. The SMILES string of the molecule is CC(C)(C)OC(=O)N1CCC(C(=O)O)C1.CCOC(=O)C1CCN(C(=O)OC(C)(C)C)C1. The van der Waals surface area contributed by atoms with Gasteiger partial charge in [0.25, 0.3) is 0 Å². The Balaban J connectivity index is 0.000000323. The average Bonchev–Trinajstić information content (AvgIpc) is 3.30. The van der Waals surface area contributed by atoms with E-state index in [-0.39, 0.29) is 24.5 Å². The lowest BCUT2D eigenvalue weighted by atomic mass is 10.1. The van der Waals surface area contributed by atoms with Crippen molar-refractivity contribution < 1.29 is 38.5 Å². The molecule has 2 aliphatic rings. The standard InChI is InChI=1S/C12H21NO4.C10H17NO4/c1-5-16-10(14)9-6-7-13(8-9)11(15)17-12(2,3)4;1-10(2,3)15-9(14)11-5-4-7(6-11)8(12)13/h9H,5-8H2,1-4H3;7H,4-6H2,1-3H3,(H,12,13). The minimum Gasteiger partial charge on any atom is -0.481 e. The van der Waals surface area contributed by atoms with Crippen LogP contribution in [0.4, 0.5) is 9.59 Å². The van der Waals surface area contributed by atoms with E-state index in [0.717, 1.165) is 0 Å². The Hall–Kier alpha value is -2.52. The van der Waals surface area contributed by atoms with Gasteiger partial charge in [-0.15, -0.1) is 0 Å². The number of carbonyl (C=O) groups excluding carboxylic acids is 3. The first kappa shape index (κ1) is 27.5. The van der Waals surface area contributed by atoms with Crippen molar-refractivity contribution >= 4 is 24.1 Å². The lowest BCUT2D eigenvalue weighted by Gasteiger charge is -2.24. The molecule has 2 aliphatic heterocycles. The summed E-state index contributed by atoms with van der Waals surface area (Å²) in [5.41, 5.74) is -1.03. The van der Waals surface area contributed by atoms with E-state index in [1.807, 2.05) is 20.8 Å². The van der Waals surface area contributed by atoms with Crippen LogP contribution in [-0.2, 0) is 23.8 Å². The van der Waals surface area contributed by atoms with Crippen molar-refractivity contribution in [2.24, 2.45) is 11.8 Å². The molecule has 0 aromatic carbocycles. The maximum atomic E-state index is 11.7. The largest absolute Gasteiger partial charge is 0.481 e. The summed E-state index contributed by atoms with van der Waals surface area (Å²) in [6.45, 7) is 14.7. The van der Waals surface area contributed by atoms with Crippen LogP contribution in [0.25, 0.3) is 0 Å². The Morgan fingerprint density at radius 2 is 1.22 bits per heavy atom. The highest BCUT2D eigenvalue weighted by molar-refractivity contribution is 5.76. The molecule has 2 atom stereocenters. The molecule has 0 bridgehead atoms. The Kier molecular flexibility index (Phi) is 9.78. The summed E-state index contributed by atoms with van der Waals surface area (Å²) in [5, 5.41) is 8.77. The number of nitrogens with zero attached hydrogens (tertiary/aromatic N) is 2. The highest BCUT2D eigenvalue weighted by Crippen LogP contribution is 2.21. The van der Waals surface area contributed by atoms with Crippen molar-refractivity contribution in [3.8, 4) is 0 Å². The number of carboxylic acid groups (broad SMARTS) is 1. The molecule has 2 heterocycles. The number of amides is 2. The first-order valence-electron chi connectivity index (χ1n) is 11.0. The number of aliphatic carboxylic acids is 1. The van der Waals surface area contributed by atoms with Gasteiger partial charge in [0.15, 0.2) is 0 Å². The summed E-state index contributed by atoms with van der Waals surface area (Å²) in [6.07, 6.45) is 0.377.